The molecule has 0 saturated carbocycles. The van der Waals surface area contributed by atoms with Gasteiger partial charge >= 0.3 is 11.9 Å². The fourth-order valence-corrected chi connectivity index (χ4v) is 18.2. The van der Waals surface area contributed by atoms with E-state index in [0.717, 1.165) is 64.1 Å². The number of hydrogen-bond donors (Lipinski definition) is 2. The monoisotopic (exact) mass is 1210 g/mol. The molecule has 11 nitrogen and oxygen atoms in total. The van der Waals surface area contributed by atoms with E-state index in [-0.39, 0.29) is 35.6 Å². The van der Waals surface area contributed by atoms with Crippen molar-refractivity contribution in [2.45, 2.75) is 264 Å². The van der Waals surface area contributed by atoms with Gasteiger partial charge in [-0.15, -0.1) is 0 Å². The Labute approximate surface area is 512 Å². The maximum Gasteiger partial charge on any atom is 0.306 e. The van der Waals surface area contributed by atoms with Gasteiger partial charge in [0.15, 0.2) is 8.32 Å². The molecule has 14 heteroatoms. The van der Waals surface area contributed by atoms with Crippen LogP contribution in [0.5, 0.6) is 11.5 Å². The molecule has 6 unspecified atom stereocenters. The normalized spacial score (nSPS) is 17.2. The number of nitrogens with zero attached hydrogens (tertiary/aromatic N) is 1. The third-order valence-corrected chi connectivity index (χ3v) is 26.6. The third kappa shape index (κ3) is 28.4. The number of carboxylic acid groups (broad SMARTS) is 1. The molecule has 474 valence electrons. The van der Waals surface area contributed by atoms with Crippen LogP contribution in [0.15, 0.2) is 78.9 Å². The fraction of sp³-hybridized carbons (Fsp3) is 0.710. The van der Waals surface area contributed by atoms with Crippen molar-refractivity contribution in [1.82, 2.24) is 4.57 Å². The summed E-state index contributed by atoms with van der Waals surface area (Å²) in [6.07, 6.45) is 21.5. The van der Waals surface area contributed by atoms with Crippen LogP contribution in [0.1, 0.15) is 207 Å². The molecule has 6 atom stereocenters. The third-order valence-electron chi connectivity index (χ3n) is 17.5. The largest absolute Gasteiger partial charge is 0.497 e. The molecule has 1 saturated heterocycles. The fourth-order valence-electron chi connectivity index (χ4n) is 11.1. The molecule has 1 fully saturated rings. The van der Waals surface area contributed by atoms with E-state index in [1.165, 1.54) is 95.6 Å². The van der Waals surface area contributed by atoms with Crippen molar-refractivity contribution < 1.29 is 47.9 Å². The van der Waals surface area contributed by atoms with Gasteiger partial charge < -0.3 is 42.9 Å². The van der Waals surface area contributed by atoms with Gasteiger partial charge in [-0.1, -0.05) is 199 Å². The van der Waals surface area contributed by atoms with Gasteiger partial charge in [0.25, 0.3) is 0 Å². The molecule has 3 aromatic carbocycles. The lowest BCUT2D eigenvalue weighted by Crippen LogP contribution is -2.54. The summed E-state index contributed by atoms with van der Waals surface area (Å²) in [5.41, 5.74) is 1.64. The quantitative estimate of drug-likeness (QED) is 0.0247. The Morgan fingerprint density at radius 2 is 1.11 bits per heavy atom. The summed E-state index contributed by atoms with van der Waals surface area (Å²) in [7, 11) is 6.12. The van der Waals surface area contributed by atoms with Crippen LogP contribution >= 0.6 is 0 Å². The van der Waals surface area contributed by atoms with Crippen LogP contribution in [0.25, 0.3) is 0 Å². The van der Waals surface area contributed by atoms with Crippen molar-refractivity contribution in [3.8, 4) is 11.5 Å². The summed E-state index contributed by atoms with van der Waals surface area (Å²) in [4.78, 5) is 22.1. The van der Waals surface area contributed by atoms with E-state index in [9.17, 15) is 14.7 Å². The molecular formula is C69H121NO10Si3. The number of aliphatic carboxylic acids is 1. The molecule has 0 aromatic heterocycles. The van der Waals surface area contributed by atoms with Crippen molar-refractivity contribution in [1.29, 1.82) is 0 Å². The molecule has 0 aliphatic carbocycles. The highest BCUT2D eigenvalue weighted by Crippen LogP contribution is 2.43. The molecule has 0 spiro atoms. The van der Waals surface area contributed by atoms with Crippen LogP contribution in [0.4, 0.5) is 0 Å². The molecule has 2 N–H and O–H groups in total. The SMILES string of the molecule is CCC(C)C([SiH3])(O[Si](C)(C)CCCCCCCCCCC(=O)O)C(C)C(C)C.CN(C)[Si](C)(C)CCCCCCCCCCC(=O)OC(C)(C)C.COc1ccc(C(OCC2OC(C)CC2O)(c2ccccc2)c2ccc(OC)cc2)cc1. The van der Waals surface area contributed by atoms with Gasteiger partial charge in [-0.2, -0.15) is 0 Å². The molecule has 1 aliphatic heterocycles. The number of carbonyl (C=O) groups excluding carboxylic acids is 1. The van der Waals surface area contributed by atoms with Gasteiger partial charge in [0.05, 0.1) is 33.0 Å². The number of benzene rings is 3. The molecule has 0 radical (unpaired) electrons. The second-order valence-corrected chi connectivity index (χ2v) is 37.6. The smallest absolute Gasteiger partial charge is 0.306 e. The summed E-state index contributed by atoms with van der Waals surface area (Å²) in [6.45, 7) is 29.6. The number of rotatable bonds is 37. The summed E-state index contributed by atoms with van der Waals surface area (Å²) in [5.74, 6) is 2.77. The molecule has 4 rings (SSSR count). The molecule has 0 amide bonds. The van der Waals surface area contributed by atoms with Crippen LogP contribution < -0.4 is 9.47 Å². The molecule has 0 bridgehead atoms. The number of methoxy groups -OCH3 is 2. The van der Waals surface area contributed by atoms with Crippen molar-refractivity contribution >= 4 is 38.7 Å². The number of aliphatic hydroxyl groups excluding tert-OH is 1. The highest BCUT2D eigenvalue weighted by Gasteiger charge is 2.43. The highest BCUT2D eigenvalue weighted by molar-refractivity contribution is 6.74. The summed E-state index contributed by atoms with van der Waals surface area (Å²) in [5, 5.41) is 19.2. The second kappa shape index (κ2) is 38.7. The first-order valence-corrected chi connectivity index (χ1v) is 39.5. The van der Waals surface area contributed by atoms with Crippen LogP contribution in [0, 0.1) is 17.8 Å². The zero-order chi connectivity index (χ0) is 62.3. The zero-order valence-corrected chi connectivity index (χ0v) is 59.8. The van der Waals surface area contributed by atoms with Gasteiger partial charge in [0, 0.05) is 34.7 Å². The van der Waals surface area contributed by atoms with Gasteiger partial charge in [-0.05, 0) is 139 Å². The molecule has 1 aliphatic rings. The lowest BCUT2D eigenvalue weighted by Gasteiger charge is -2.47. The molecular weight excluding hydrogens is 1090 g/mol. The molecule has 1 heterocycles. The Balaban J connectivity index is 0.000000432. The second-order valence-electron chi connectivity index (χ2n) is 26.8. The summed E-state index contributed by atoms with van der Waals surface area (Å²) >= 11 is 0. The number of ether oxygens (including phenoxy) is 5. The number of carbonyl (C=O) groups is 2. The number of esters is 1. The number of aliphatic hydroxyl groups is 1. The lowest BCUT2D eigenvalue weighted by atomic mass is 9.80. The first-order chi connectivity index (χ1) is 39.1. The van der Waals surface area contributed by atoms with Crippen LogP contribution in [0.2, 0.25) is 38.3 Å². The predicted octanol–water partition coefficient (Wildman–Crippen LogP) is 16.4. The number of carboxylic acids is 1. The Morgan fingerprint density at radius 1 is 0.675 bits per heavy atom. The minimum absolute atomic E-state index is 0.00620. The number of hydrogen-bond acceptors (Lipinski definition) is 10. The average Bonchev–Trinajstić information content (AvgIpc) is 3.12. The van der Waals surface area contributed by atoms with E-state index in [0.29, 0.717) is 37.0 Å². The Kier molecular flexibility index (Phi) is 35.3. The standard InChI is InChI=1S/C27H30O5.C23H50O3Si2.C19H41NO2Si/c1-19-17-25(28)26(32-19)18-31-27(20-7-5-4-6-8-20,21-9-13-23(29-2)14-10-21)22-11-15-24(30-3)16-12-22;1-8-20(4)23(27,21(5)19(2)3)26-28(6,7)18-16-14-12-10-9-11-13-15-17-22(24)25;1-19(2,3)22-18(21)16-14-12-10-8-9-11-13-15-17-23(6,7)20(4)5/h4-16,19,25-26,28H,17-18H2,1-3H3;19-21H,8-18H2,1-7,27H3,(H,24,25);8-17H2,1-7H3. The van der Waals surface area contributed by atoms with Crippen molar-refractivity contribution in [3.63, 3.8) is 0 Å². The topological polar surface area (TPSA) is 133 Å². The van der Waals surface area contributed by atoms with Gasteiger partial charge in [-0.25, -0.2) is 0 Å². The van der Waals surface area contributed by atoms with E-state index in [1.807, 2.05) is 94.4 Å². The first kappa shape index (κ1) is 75.7. The average molecular weight is 1210 g/mol. The Bertz CT molecular complexity index is 2140. The number of unbranched alkanes of at least 4 members (excludes halogenated alkanes) is 14. The zero-order valence-electron chi connectivity index (χ0n) is 55.8. The Hall–Kier alpha value is -3.35. The minimum Gasteiger partial charge on any atom is -0.497 e. The van der Waals surface area contributed by atoms with Crippen molar-refractivity contribution in [2.75, 3.05) is 34.9 Å². The first-order valence-electron chi connectivity index (χ1n) is 32.2. The van der Waals surface area contributed by atoms with Gasteiger partial charge in [0.2, 0.25) is 0 Å². The molecule has 3 aromatic rings. The highest BCUT2D eigenvalue weighted by atomic mass is 28.4. The van der Waals surface area contributed by atoms with E-state index in [2.05, 4.69) is 91.6 Å². The van der Waals surface area contributed by atoms with E-state index in [1.54, 1.807) is 14.2 Å². The van der Waals surface area contributed by atoms with Crippen LogP contribution in [0.3, 0.4) is 0 Å². The lowest BCUT2D eigenvalue weighted by molar-refractivity contribution is -0.155. The van der Waals surface area contributed by atoms with Crippen LogP contribution in [-0.4, -0.2) is 118 Å². The van der Waals surface area contributed by atoms with E-state index >= 15 is 0 Å². The van der Waals surface area contributed by atoms with E-state index < -0.39 is 34.2 Å². The summed E-state index contributed by atoms with van der Waals surface area (Å²) < 4.78 is 38.3. The minimum atomic E-state index is -1.64. The predicted molar refractivity (Wildman–Crippen MR) is 355 cm³/mol. The summed E-state index contributed by atoms with van der Waals surface area (Å²) in [6, 6.07) is 28.6. The maximum atomic E-state index is 11.6. The maximum absolute atomic E-state index is 11.6. The van der Waals surface area contributed by atoms with E-state index in [4.69, 9.17) is 33.2 Å². The molecule has 83 heavy (non-hydrogen) atoms. The van der Waals surface area contributed by atoms with Gasteiger partial charge in [-0.3, -0.25) is 9.59 Å². The van der Waals surface area contributed by atoms with Crippen molar-refractivity contribution in [2.24, 2.45) is 17.8 Å². The Morgan fingerprint density at radius 3 is 1.51 bits per heavy atom. The van der Waals surface area contributed by atoms with Gasteiger partial charge in [0.1, 0.15) is 37.0 Å². The van der Waals surface area contributed by atoms with Crippen LogP contribution in [-0.2, 0) is 33.8 Å². The van der Waals surface area contributed by atoms with Crippen molar-refractivity contribution in [3.05, 3.63) is 95.6 Å².